The van der Waals surface area contributed by atoms with E-state index in [0.717, 1.165) is 0 Å². The number of nitriles is 1. The Labute approximate surface area is 124 Å². The highest BCUT2D eigenvalue weighted by Crippen LogP contribution is 2.29. The summed E-state index contributed by atoms with van der Waals surface area (Å²) < 4.78 is 13.2. The molecule has 7 heteroatoms. The molecule has 2 rings (SSSR count). The molecule has 0 amide bonds. The number of anilines is 2. The van der Waals surface area contributed by atoms with Gasteiger partial charge in [0.15, 0.2) is 5.13 Å². The number of nitrogens with one attached hydrogen (secondary N) is 1. The lowest BCUT2D eigenvalue weighted by atomic mass is 9.90. The van der Waals surface area contributed by atoms with Gasteiger partial charge in [-0.05, 0) is 32.0 Å². The predicted octanol–water partition coefficient (Wildman–Crippen LogP) is 3.26. The molecule has 0 radical (unpaired) electrons. The van der Waals surface area contributed by atoms with Crippen LogP contribution in [-0.4, -0.2) is 16.1 Å². The molecule has 0 atom stereocenters. The molecular formula is C14H12FN3O2S. The smallest absolute Gasteiger partial charge is 0.315 e. The van der Waals surface area contributed by atoms with Crippen LogP contribution in [0.3, 0.4) is 0 Å². The number of nitrogens with zero attached hydrogens (tertiary/aromatic N) is 2. The van der Waals surface area contributed by atoms with Crippen molar-refractivity contribution < 1.29 is 14.3 Å². The van der Waals surface area contributed by atoms with Crippen LogP contribution in [0.15, 0.2) is 23.6 Å². The number of hydrogen-bond acceptors (Lipinski definition) is 5. The van der Waals surface area contributed by atoms with Gasteiger partial charge in [0.2, 0.25) is 0 Å². The minimum atomic E-state index is -1.09. The Morgan fingerprint density at radius 1 is 1.52 bits per heavy atom. The van der Waals surface area contributed by atoms with Gasteiger partial charge in [-0.15, -0.1) is 11.3 Å². The molecule has 0 aliphatic heterocycles. The van der Waals surface area contributed by atoms with Crippen LogP contribution < -0.4 is 5.32 Å². The molecule has 1 aromatic heterocycles. The standard InChI is InChI=1S/C14H12FN3O2S/c1-14(2,12(19)20)11-7-21-13(18-11)17-9-3-4-10(15)8(5-9)6-16/h3-5,7H,1-2H3,(H,17,18)(H,19,20). The molecule has 0 saturated heterocycles. The van der Waals surface area contributed by atoms with Crippen molar-refractivity contribution in [1.29, 1.82) is 5.26 Å². The van der Waals surface area contributed by atoms with Crippen molar-refractivity contribution in [3.05, 3.63) is 40.7 Å². The highest BCUT2D eigenvalue weighted by Gasteiger charge is 2.32. The third-order valence-corrected chi connectivity index (χ3v) is 3.78. The minimum absolute atomic E-state index is 0.0670. The Morgan fingerprint density at radius 3 is 2.86 bits per heavy atom. The van der Waals surface area contributed by atoms with E-state index >= 15 is 0 Å². The third kappa shape index (κ3) is 3.01. The topological polar surface area (TPSA) is 86.0 Å². The minimum Gasteiger partial charge on any atom is -0.481 e. The number of rotatable bonds is 4. The Balaban J connectivity index is 2.24. The first-order valence-corrected chi connectivity index (χ1v) is 6.88. The average Bonchev–Trinajstić information content (AvgIpc) is 2.90. The molecule has 21 heavy (non-hydrogen) atoms. The number of carbonyl (C=O) groups is 1. The average molecular weight is 305 g/mol. The van der Waals surface area contributed by atoms with Gasteiger partial charge in [-0.3, -0.25) is 4.79 Å². The van der Waals surface area contributed by atoms with Crippen molar-refractivity contribution in [3.63, 3.8) is 0 Å². The van der Waals surface area contributed by atoms with Crippen molar-refractivity contribution in [2.24, 2.45) is 0 Å². The first-order valence-electron chi connectivity index (χ1n) is 6.00. The molecular weight excluding hydrogens is 293 g/mol. The zero-order valence-corrected chi connectivity index (χ0v) is 12.2. The second-order valence-electron chi connectivity index (χ2n) is 4.90. The molecule has 2 aromatic rings. The monoisotopic (exact) mass is 305 g/mol. The van der Waals surface area contributed by atoms with E-state index in [2.05, 4.69) is 10.3 Å². The summed E-state index contributed by atoms with van der Waals surface area (Å²) in [5.41, 5.74) is -0.202. The lowest BCUT2D eigenvalue weighted by Gasteiger charge is -2.15. The molecule has 0 saturated carbocycles. The second kappa shape index (κ2) is 5.50. The van der Waals surface area contributed by atoms with Gasteiger partial charge < -0.3 is 10.4 Å². The van der Waals surface area contributed by atoms with Crippen LogP contribution >= 0.6 is 11.3 Å². The van der Waals surface area contributed by atoms with Gasteiger partial charge in [0.1, 0.15) is 17.3 Å². The second-order valence-corrected chi connectivity index (χ2v) is 5.76. The number of hydrogen-bond donors (Lipinski definition) is 2. The van der Waals surface area contributed by atoms with Crippen molar-refractivity contribution in [2.75, 3.05) is 5.32 Å². The first kappa shape index (κ1) is 14.9. The fraction of sp³-hybridized carbons (Fsp3) is 0.214. The lowest BCUT2D eigenvalue weighted by molar-refractivity contribution is -0.142. The van der Waals surface area contributed by atoms with E-state index in [-0.39, 0.29) is 5.56 Å². The van der Waals surface area contributed by atoms with Gasteiger partial charge in [-0.1, -0.05) is 0 Å². The van der Waals surface area contributed by atoms with Crippen LogP contribution in [-0.2, 0) is 10.2 Å². The van der Waals surface area contributed by atoms with Crippen molar-refractivity contribution in [2.45, 2.75) is 19.3 Å². The number of benzene rings is 1. The van der Waals surface area contributed by atoms with Crippen molar-refractivity contribution in [1.82, 2.24) is 4.98 Å². The summed E-state index contributed by atoms with van der Waals surface area (Å²) in [4.78, 5) is 15.4. The summed E-state index contributed by atoms with van der Waals surface area (Å²) in [5, 5.41) is 23.0. The number of thiazole rings is 1. The summed E-state index contributed by atoms with van der Waals surface area (Å²) in [7, 11) is 0. The quantitative estimate of drug-likeness (QED) is 0.905. The summed E-state index contributed by atoms with van der Waals surface area (Å²) >= 11 is 1.24. The van der Waals surface area contributed by atoms with Crippen molar-refractivity contribution >= 4 is 28.1 Å². The highest BCUT2D eigenvalue weighted by molar-refractivity contribution is 7.13. The van der Waals surface area contributed by atoms with E-state index in [1.807, 2.05) is 0 Å². The van der Waals surface area contributed by atoms with Crippen LogP contribution in [0.1, 0.15) is 25.1 Å². The molecule has 0 bridgehead atoms. The van der Waals surface area contributed by atoms with Crippen molar-refractivity contribution in [3.8, 4) is 6.07 Å². The summed E-state index contributed by atoms with van der Waals surface area (Å²) in [6.07, 6.45) is 0. The van der Waals surface area contributed by atoms with E-state index < -0.39 is 17.2 Å². The first-order chi connectivity index (χ1) is 9.84. The Kier molecular flexibility index (Phi) is 3.91. The van der Waals surface area contributed by atoms with Gasteiger partial charge >= 0.3 is 5.97 Å². The number of aliphatic carboxylic acids is 1. The molecule has 108 valence electrons. The molecule has 2 N–H and O–H groups in total. The summed E-state index contributed by atoms with van der Waals surface area (Å²) in [5.74, 6) is -1.55. The molecule has 0 aliphatic rings. The van der Waals surface area contributed by atoms with Crippen LogP contribution in [0.2, 0.25) is 0 Å². The maximum absolute atomic E-state index is 13.2. The fourth-order valence-corrected chi connectivity index (χ4v) is 2.44. The van der Waals surface area contributed by atoms with Gasteiger partial charge in [0.05, 0.1) is 11.3 Å². The van der Waals surface area contributed by atoms with Gasteiger partial charge in [-0.2, -0.15) is 5.26 Å². The zero-order chi connectivity index (χ0) is 15.6. The molecule has 0 spiro atoms. The van der Waals surface area contributed by atoms with E-state index in [9.17, 15) is 9.18 Å². The molecule has 1 heterocycles. The molecule has 5 nitrogen and oxygen atoms in total. The van der Waals surface area contributed by atoms with Crippen LogP contribution in [0, 0.1) is 17.1 Å². The molecule has 1 aromatic carbocycles. The van der Waals surface area contributed by atoms with Gasteiger partial charge in [-0.25, -0.2) is 9.37 Å². The van der Waals surface area contributed by atoms with E-state index in [0.29, 0.717) is 16.5 Å². The fourth-order valence-electron chi connectivity index (χ4n) is 1.54. The molecule has 0 aliphatic carbocycles. The Morgan fingerprint density at radius 2 is 2.24 bits per heavy atom. The Bertz CT molecular complexity index is 734. The number of aromatic nitrogens is 1. The normalized spacial score (nSPS) is 11.0. The maximum atomic E-state index is 13.2. The van der Waals surface area contributed by atoms with Crippen LogP contribution in [0.25, 0.3) is 0 Å². The third-order valence-electron chi connectivity index (χ3n) is 3.02. The largest absolute Gasteiger partial charge is 0.481 e. The number of halogens is 1. The summed E-state index contributed by atoms with van der Waals surface area (Å²) in [6, 6.07) is 5.81. The molecule has 0 fully saturated rings. The Hall–Kier alpha value is -2.46. The highest BCUT2D eigenvalue weighted by atomic mass is 32.1. The molecule has 0 unspecified atom stereocenters. The van der Waals surface area contributed by atoms with E-state index in [4.69, 9.17) is 10.4 Å². The number of carboxylic acids is 1. The van der Waals surface area contributed by atoms with E-state index in [1.54, 1.807) is 25.3 Å². The predicted molar refractivity (Wildman–Crippen MR) is 77.2 cm³/mol. The van der Waals surface area contributed by atoms with Gasteiger partial charge in [0, 0.05) is 11.1 Å². The van der Waals surface area contributed by atoms with E-state index in [1.165, 1.54) is 29.5 Å². The lowest BCUT2D eigenvalue weighted by Crippen LogP contribution is -2.28. The maximum Gasteiger partial charge on any atom is 0.315 e. The number of carboxylic acid groups (broad SMARTS) is 1. The summed E-state index contributed by atoms with van der Waals surface area (Å²) in [6.45, 7) is 3.14. The SMILES string of the molecule is CC(C)(C(=O)O)c1csc(Nc2ccc(F)c(C#N)c2)n1. The van der Waals surface area contributed by atoms with Crippen LogP contribution in [0.4, 0.5) is 15.2 Å². The van der Waals surface area contributed by atoms with Crippen LogP contribution in [0.5, 0.6) is 0 Å². The van der Waals surface area contributed by atoms with Gasteiger partial charge in [0.25, 0.3) is 0 Å². The zero-order valence-electron chi connectivity index (χ0n) is 11.3.